The maximum absolute atomic E-state index is 12.9. The van der Waals surface area contributed by atoms with Crippen LogP contribution in [0.15, 0.2) is 42.0 Å². The number of halogens is 4. The summed E-state index contributed by atoms with van der Waals surface area (Å²) in [5.74, 6) is -2.73. The lowest BCUT2D eigenvalue weighted by molar-refractivity contribution is -0.385. The predicted octanol–water partition coefficient (Wildman–Crippen LogP) is 4.79. The van der Waals surface area contributed by atoms with Gasteiger partial charge in [-0.05, 0) is 36.4 Å². The fourth-order valence-corrected chi connectivity index (χ4v) is 2.52. The largest absolute Gasteiger partial charge is 0.465 e. The molecule has 0 aliphatic heterocycles. The topological polar surface area (TPSA) is 105 Å². The molecule has 0 fully saturated rings. The first-order valence-electron chi connectivity index (χ1n) is 8.19. The van der Waals surface area contributed by atoms with Gasteiger partial charge >= 0.3 is 23.8 Å². The van der Waals surface area contributed by atoms with Crippen molar-refractivity contribution in [2.24, 2.45) is 0 Å². The predicted molar refractivity (Wildman–Crippen MR) is 102 cm³/mol. The van der Waals surface area contributed by atoms with Gasteiger partial charge in [0.25, 0.3) is 0 Å². The Labute approximate surface area is 177 Å². The third kappa shape index (κ3) is 5.72. The minimum absolute atomic E-state index is 0.00694. The van der Waals surface area contributed by atoms with Crippen molar-refractivity contribution in [3.63, 3.8) is 0 Å². The number of hydrogen-bond acceptors (Lipinski definition) is 7. The number of hydrogen-bond donors (Lipinski definition) is 0. The molecule has 0 N–H and O–H groups in total. The van der Waals surface area contributed by atoms with Crippen LogP contribution in [0.3, 0.4) is 0 Å². The van der Waals surface area contributed by atoms with E-state index in [1.54, 1.807) is 0 Å². The van der Waals surface area contributed by atoms with Gasteiger partial charge in [0.05, 0.1) is 24.7 Å². The fraction of sp³-hybridized carbons (Fsp3) is 0.158. The second kappa shape index (κ2) is 9.47. The van der Waals surface area contributed by atoms with Crippen LogP contribution >= 0.6 is 11.6 Å². The minimum atomic E-state index is -4.80. The van der Waals surface area contributed by atoms with Gasteiger partial charge in [0.15, 0.2) is 0 Å². The van der Waals surface area contributed by atoms with Gasteiger partial charge in [0.2, 0.25) is 5.75 Å². The molecular formula is C19H13ClF3NO7. The van der Waals surface area contributed by atoms with E-state index in [9.17, 15) is 32.9 Å². The maximum Gasteiger partial charge on any atom is 0.416 e. The average molecular weight is 460 g/mol. The maximum atomic E-state index is 12.9. The van der Waals surface area contributed by atoms with Gasteiger partial charge < -0.3 is 14.2 Å². The van der Waals surface area contributed by atoms with Gasteiger partial charge in [-0.3, -0.25) is 10.1 Å². The van der Waals surface area contributed by atoms with Crippen LogP contribution in [0.4, 0.5) is 18.9 Å². The number of benzene rings is 2. The van der Waals surface area contributed by atoms with E-state index < -0.39 is 45.6 Å². The second-order valence-corrected chi connectivity index (χ2v) is 6.20. The second-order valence-electron chi connectivity index (χ2n) is 5.76. The highest BCUT2D eigenvalue weighted by Gasteiger charge is 2.33. The summed E-state index contributed by atoms with van der Waals surface area (Å²) in [5.41, 5.74) is -2.71. The van der Waals surface area contributed by atoms with Crippen LogP contribution in [-0.2, 0) is 25.2 Å². The molecule has 0 radical (unpaired) electrons. The summed E-state index contributed by atoms with van der Waals surface area (Å²) >= 11 is 5.93. The summed E-state index contributed by atoms with van der Waals surface area (Å²) in [6.45, 7) is 0. The molecule has 0 aliphatic carbocycles. The number of nitro benzene ring substituents is 1. The highest BCUT2D eigenvalue weighted by molar-refractivity contribution is 6.30. The van der Waals surface area contributed by atoms with E-state index in [1.807, 2.05) is 0 Å². The Bertz CT molecular complexity index is 1050. The molecule has 12 heteroatoms. The molecule has 0 heterocycles. The SMILES string of the molecule is COC(=O)C(=Cc1cc(Cl)ccc1Oc1ccc(C(F)(F)F)cc1[N+](=O)[O-])C(=O)OC. The molecule has 0 unspecified atom stereocenters. The van der Waals surface area contributed by atoms with Crippen molar-refractivity contribution >= 4 is 35.3 Å². The number of alkyl halides is 3. The lowest BCUT2D eigenvalue weighted by atomic mass is 10.1. The summed E-state index contributed by atoms with van der Waals surface area (Å²) in [6.07, 6.45) is -3.79. The molecule has 2 aromatic carbocycles. The van der Waals surface area contributed by atoms with E-state index in [1.165, 1.54) is 18.2 Å². The standard InChI is InChI=1S/C19H13ClF3NO7/c1-29-17(25)13(18(26)30-2)8-10-7-12(20)4-6-15(10)31-16-5-3-11(19(21,22)23)9-14(16)24(27)28/h3-9H,1-2H3. The van der Waals surface area contributed by atoms with E-state index in [0.717, 1.165) is 26.4 Å². The summed E-state index contributed by atoms with van der Waals surface area (Å²) in [5, 5.41) is 11.4. The number of carbonyl (C=O) groups excluding carboxylic acids is 2. The first kappa shape index (κ1) is 23.7. The van der Waals surface area contributed by atoms with E-state index in [-0.39, 0.29) is 16.3 Å². The molecule has 8 nitrogen and oxygen atoms in total. The van der Waals surface area contributed by atoms with Gasteiger partial charge in [-0.15, -0.1) is 0 Å². The van der Waals surface area contributed by atoms with Crippen molar-refractivity contribution in [1.82, 2.24) is 0 Å². The van der Waals surface area contributed by atoms with Crippen molar-refractivity contribution in [2.75, 3.05) is 14.2 Å². The quantitative estimate of drug-likeness (QED) is 0.153. The Balaban J connectivity index is 2.60. The van der Waals surface area contributed by atoms with E-state index >= 15 is 0 Å². The summed E-state index contributed by atoms with van der Waals surface area (Å²) in [7, 11) is 2.06. The van der Waals surface area contributed by atoms with Gasteiger partial charge in [0.1, 0.15) is 11.3 Å². The molecule has 0 atom stereocenters. The molecule has 0 saturated carbocycles. The van der Waals surface area contributed by atoms with Gasteiger partial charge in [-0.25, -0.2) is 9.59 Å². The Kier molecular flexibility index (Phi) is 7.24. The van der Waals surface area contributed by atoms with Crippen LogP contribution in [0.25, 0.3) is 6.08 Å². The summed E-state index contributed by atoms with van der Waals surface area (Å²) in [4.78, 5) is 34.0. The Hall–Kier alpha value is -3.60. The fourth-order valence-electron chi connectivity index (χ4n) is 2.34. The van der Waals surface area contributed by atoms with Crippen molar-refractivity contribution in [2.45, 2.75) is 6.18 Å². The summed E-state index contributed by atoms with van der Waals surface area (Å²) < 4.78 is 53.1. The van der Waals surface area contributed by atoms with Crippen molar-refractivity contribution in [1.29, 1.82) is 0 Å². The number of esters is 2. The third-order valence-corrected chi connectivity index (χ3v) is 4.02. The van der Waals surface area contributed by atoms with Crippen LogP contribution in [0.1, 0.15) is 11.1 Å². The molecule has 2 aromatic rings. The number of ether oxygens (including phenoxy) is 3. The zero-order chi connectivity index (χ0) is 23.3. The number of nitrogens with zero attached hydrogens (tertiary/aromatic N) is 1. The number of methoxy groups -OCH3 is 2. The minimum Gasteiger partial charge on any atom is -0.465 e. The van der Waals surface area contributed by atoms with Gasteiger partial charge in [0, 0.05) is 16.7 Å². The van der Waals surface area contributed by atoms with E-state index in [2.05, 4.69) is 9.47 Å². The van der Waals surface area contributed by atoms with Crippen LogP contribution in [0, 0.1) is 10.1 Å². The lowest BCUT2D eigenvalue weighted by Crippen LogP contribution is -2.15. The molecule has 2 rings (SSSR count). The summed E-state index contributed by atoms with van der Waals surface area (Å²) in [6, 6.07) is 5.57. The van der Waals surface area contributed by atoms with Crippen LogP contribution in [-0.4, -0.2) is 31.1 Å². The van der Waals surface area contributed by atoms with Crippen LogP contribution in [0.5, 0.6) is 11.5 Å². The molecule has 0 amide bonds. The van der Waals surface area contributed by atoms with Crippen molar-refractivity contribution < 1.29 is 41.9 Å². The molecular weight excluding hydrogens is 447 g/mol. The van der Waals surface area contributed by atoms with Gasteiger partial charge in [-0.2, -0.15) is 13.2 Å². The molecule has 31 heavy (non-hydrogen) atoms. The van der Waals surface area contributed by atoms with Crippen LogP contribution in [0.2, 0.25) is 5.02 Å². The Morgan fingerprint density at radius 2 is 1.61 bits per heavy atom. The molecule has 0 spiro atoms. The lowest BCUT2D eigenvalue weighted by Gasteiger charge is -2.12. The van der Waals surface area contributed by atoms with Crippen LogP contribution < -0.4 is 4.74 Å². The Morgan fingerprint density at radius 1 is 1.03 bits per heavy atom. The molecule has 0 saturated heterocycles. The van der Waals surface area contributed by atoms with Crippen molar-refractivity contribution in [3.8, 4) is 11.5 Å². The molecule has 164 valence electrons. The average Bonchev–Trinajstić information content (AvgIpc) is 2.71. The number of nitro groups is 1. The van der Waals surface area contributed by atoms with E-state index in [4.69, 9.17) is 16.3 Å². The zero-order valence-corrected chi connectivity index (χ0v) is 16.6. The van der Waals surface area contributed by atoms with E-state index in [0.29, 0.717) is 12.1 Å². The normalized spacial score (nSPS) is 10.8. The van der Waals surface area contributed by atoms with Crippen molar-refractivity contribution in [3.05, 3.63) is 68.2 Å². The number of rotatable bonds is 6. The highest BCUT2D eigenvalue weighted by Crippen LogP contribution is 2.39. The first-order valence-corrected chi connectivity index (χ1v) is 8.57. The first-order chi connectivity index (χ1) is 14.5. The molecule has 0 aliphatic rings. The Morgan fingerprint density at radius 3 is 2.13 bits per heavy atom. The highest BCUT2D eigenvalue weighted by atomic mass is 35.5. The number of carbonyl (C=O) groups is 2. The smallest absolute Gasteiger partial charge is 0.416 e. The zero-order valence-electron chi connectivity index (χ0n) is 15.9. The third-order valence-electron chi connectivity index (χ3n) is 3.79. The van der Waals surface area contributed by atoms with Gasteiger partial charge in [-0.1, -0.05) is 11.6 Å². The monoisotopic (exact) mass is 459 g/mol. The molecule has 0 aromatic heterocycles. The molecule has 0 bridgehead atoms.